The SMILES string of the molecule is CC(C)c1ccc2c(Nc3cc(CN(Cc4ccc(Sc5ccc(N)cc5)c(Nc5ncnc6nc(C(C)C)ccc56)c4)C(C)C)ccc3Sc3ccc(N)cc3)ncnc2n1. The third-order valence-electron chi connectivity index (χ3n) is 10.5. The fourth-order valence-electron chi connectivity index (χ4n) is 6.95. The van der Waals surface area contributed by atoms with Crippen molar-refractivity contribution in [1.82, 2.24) is 34.8 Å². The second-order valence-corrected chi connectivity index (χ2v) is 18.5. The highest BCUT2D eigenvalue weighted by Crippen LogP contribution is 2.39. The van der Waals surface area contributed by atoms with Crippen molar-refractivity contribution >= 4 is 80.0 Å². The van der Waals surface area contributed by atoms with Crippen LogP contribution >= 0.6 is 23.5 Å². The third kappa shape index (κ3) is 10.1. The number of fused-ring (bicyclic) bond motifs is 2. The van der Waals surface area contributed by atoms with Gasteiger partial charge in [0.25, 0.3) is 0 Å². The zero-order valence-corrected chi connectivity index (χ0v) is 37.4. The van der Waals surface area contributed by atoms with E-state index in [9.17, 15) is 0 Å². The lowest BCUT2D eigenvalue weighted by Crippen LogP contribution is -2.29. The molecule has 0 aliphatic heterocycles. The molecule has 0 saturated carbocycles. The monoisotopic (exact) mass is 857 g/mol. The van der Waals surface area contributed by atoms with Gasteiger partial charge in [-0.2, -0.15) is 0 Å². The van der Waals surface area contributed by atoms with Crippen molar-refractivity contribution in [3.05, 3.63) is 144 Å². The number of aromatic nitrogens is 6. The summed E-state index contributed by atoms with van der Waals surface area (Å²) in [6.45, 7) is 14.5. The number of pyridine rings is 2. The molecule has 0 fully saturated rings. The Bertz CT molecular complexity index is 2640. The van der Waals surface area contributed by atoms with Crippen LogP contribution < -0.4 is 22.1 Å². The van der Waals surface area contributed by atoms with Gasteiger partial charge in [-0.15, -0.1) is 0 Å². The van der Waals surface area contributed by atoms with E-state index < -0.39 is 0 Å². The normalized spacial score (nSPS) is 11.7. The maximum Gasteiger partial charge on any atom is 0.164 e. The minimum absolute atomic E-state index is 0.245. The lowest BCUT2D eigenvalue weighted by molar-refractivity contribution is 0.203. The number of hydrogen-bond acceptors (Lipinski definition) is 13. The lowest BCUT2D eigenvalue weighted by Gasteiger charge is -2.28. The van der Waals surface area contributed by atoms with E-state index in [0.29, 0.717) is 36.0 Å². The molecule has 4 aromatic carbocycles. The maximum atomic E-state index is 6.04. The van der Waals surface area contributed by atoms with E-state index in [2.05, 4.69) is 128 Å². The molecule has 0 bridgehead atoms. The molecule has 13 heteroatoms. The van der Waals surface area contributed by atoms with Crippen LogP contribution in [0.2, 0.25) is 0 Å². The molecule has 0 saturated heterocycles. The Hall–Kier alpha value is -6.28. The smallest absolute Gasteiger partial charge is 0.164 e. The van der Waals surface area contributed by atoms with Gasteiger partial charge in [0.05, 0.1) is 22.1 Å². The number of nitrogen functional groups attached to an aromatic ring is 2. The number of rotatable bonds is 15. The molecular weight excluding hydrogens is 807 g/mol. The molecule has 0 unspecified atom stereocenters. The highest BCUT2D eigenvalue weighted by molar-refractivity contribution is 7.99. The Morgan fingerprint density at radius 2 is 0.935 bits per heavy atom. The summed E-state index contributed by atoms with van der Waals surface area (Å²) in [6, 6.07) is 37.7. The van der Waals surface area contributed by atoms with Crippen LogP contribution in [0.1, 0.15) is 75.9 Å². The summed E-state index contributed by atoms with van der Waals surface area (Å²) in [4.78, 5) is 34.9. The van der Waals surface area contributed by atoms with E-state index in [1.165, 1.54) is 0 Å². The van der Waals surface area contributed by atoms with E-state index in [4.69, 9.17) is 31.4 Å². The molecule has 0 radical (unpaired) electrons. The molecule has 11 nitrogen and oxygen atoms in total. The first kappa shape index (κ1) is 42.4. The van der Waals surface area contributed by atoms with Gasteiger partial charge >= 0.3 is 0 Å². The van der Waals surface area contributed by atoms with Gasteiger partial charge in [0.15, 0.2) is 11.3 Å². The molecule has 0 aliphatic carbocycles. The van der Waals surface area contributed by atoms with Crippen LogP contribution in [-0.4, -0.2) is 40.8 Å². The Labute approximate surface area is 371 Å². The van der Waals surface area contributed by atoms with Gasteiger partial charge in [0.2, 0.25) is 0 Å². The molecule has 314 valence electrons. The Morgan fingerprint density at radius 1 is 0.516 bits per heavy atom. The third-order valence-corrected chi connectivity index (χ3v) is 12.7. The quantitative estimate of drug-likeness (QED) is 0.0723. The van der Waals surface area contributed by atoms with Crippen molar-refractivity contribution in [2.24, 2.45) is 0 Å². The van der Waals surface area contributed by atoms with E-state index in [-0.39, 0.29) is 17.9 Å². The van der Waals surface area contributed by atoms with Crippen LogP contribution in [-0.2, 0) is 13.1 Å². The summed E-state index contributed by atoms with van der Waals surface area (Å²) >= 11 is 3.36. The molecule has 4 heterocycles. The van der Waals surface area contributed by atoms with Crippen LogP contribution in [0.25, 0.3) is 22.1 Å². The molecule has 8 rings (SSSR count). The van der Waals surface area contributed by atoms with Crippen LogP contribution in [0.4, 0.5) is 34.4 Å². The number of anilines is 6. The summed E-state index contributed by atoms with van der Waals surface area (Å²) in [5, 5.41) is 9.09. The van der Waals surface area contributed by atoms with Crippen LogP contribution in [0, 0.1) is 0 Å². The summed E-state index contributed by atoms with van der Waals surface area (Å²) < 4.78 is 0. The van der Waals surface area contributed by atoms with Crippen LogP contribution in [0.15, 0.2) is 141 Å². The summed E-state index contributed by atoms with van der Waals surface area (Å²) in [5.41, 5.74) is 21.1. The van der Waals surface area contributed by atoms with Crippen molar-refractivity contribution in [2.45, 2.75) is 92.1 Å². The topological polar surface area (TPSA) is 157 Å². The van der Waals surface area contributed by atoms with E-state index in [1.807, 2.05) is 48.5 Å². The molecule has 6 N–H and O–H groups in total. The molecule has 0 spiro atoms. The minimum Gasteiger partial charge on any atom is -0.399 e. The van der Waals surface area contributed by atoms with Crippen molar-refractivity contribution in [3.63, 3.8) is 0 Å². The number of hydrogen-bond donors (Lipinski definition) is 4. The first-order valence-corrected chi connectivity index (χ1v) is 22.4. The van der Waals surface area contributed by atoms with Gasteiger partial charge in [-0.25, -0.2) is 29.9 Å². The fraction of sp³-hybridized carbons (Fsp3) is 0.224. The first-order chi connectivity index (χ1) is 29.9. The van der Waals surface area contributed by atoms with E-state index in [1.54, 1.807) is 36.2 Å². The van der Waals surface area contributed by atoms with Gasteiger partial charge in [-0.3, -0.25) is 4.90 Å². The molecule has 4 aromatic heterocycles. The number of nitrogens with two attached hydrogens (primary N) is 2. The van der Waals surface area contributed by atoms with Gasteiger partial charge in [-0.1, -0.05) is 63.4 Å². The molecule has 62 heavy (non-hydrogen) atoms. The van der Waals surface area contributed by atoms with Gasteiger partial charge in [-0.05, 0) is 134 Å². The molecular formula is C49H51N11S2. The van der Waals surface area contributed by atoms with Gasteiger partial charge in [0, 0.05) is 61.5 Å². The fourth-order valence-corrected chi connectivity index (χ4v) is 8.72. The standard InChI is InChI=1S/C49H51N11S2/c1-29(2)40-19-17-38-46(56-40)52-27-54-48(38)58-42-23-32(7-21-44(42)61-36-13-9-34(50)10-14-36)25-60(31(5)6)26-33-8-22-45(62-37-15-11-35(51)12-16-37)43(24-33)59-49-39-18-20-41(30(3)4)57-47(39)53-28-55-49/h7-24,27-31H,25-26,50-51H2,1-6H3,(H,52,54,56,58)(H,53,55,57,59). The highest BCUT2D eigenvalue weighted by atomic mass is 32.2. The molecule has 8 aromatic rings. The molecule has 0 amide bonds. The summed E-state index contributed by atoms with van der Waals surface area (Å²) in [7, 11) is 0. The number of nitrogens with one attached hydrogen (secondary N) is 2. The second-order valence-electron chi connectivity index (χ2n) is 16.2. The Kier molecular flexibility index (Phi) is 12.8. The average molecular weight is 858 g/mol. The van der Waals surface area contributed by atoms with Crippen LogP contribution in [0.3, 0.4) is 0 Å². The van der Waals surface area contributed by atoms with E-state index >= 15 is 0 Å². The summed E-state index contributed by atoms with van der Waals surface area (Å²) in [5.74, 6) is 2.00. The zero-order valence-electron chi connectivity index (χ0n) is 35.8. The van der Waals surface area contributed by atoms with Gasteiger partial charge in [0.1, 0.15) is 24.3 Å². The molecule has 0 aliphatic rings. The number of benzene rings is 4. The average Bonchev–Trinajstić information content (AvgIpc) is 3.26. The predicted octanol–water partition coefficient (Wildman–Crippen LogP) is 12.0. The van der Waals surface area contributed by atoms with Crippen molar-refractivity contribution in [1.29, 1.82) is 0 Å². The Morgan fingerprint density at radius 3 is 1.32 bits per heavy atom. The minimum atomic E-state index is 0.245. The number of nitrogens with zero attached hydrogens (tertiary/aromatic N) is 7. The van der Waals surface area contributed by atoms with Gasteiger partial charge < -0.3 is 22.1 Å². The first-order valence-electron chi connectivity index (χ1n) is 20.8. The highest BCUT2D eigenvalue weighted by Gasteiger charge is 2.18. The van der Waals surface area contributed by atoms with Crippen LogP contribution in [0.5, 0.6) is 0 Å². The zero-order chi connectivity index (χ0) is 43.3. The second kappa shape index (κ2) is 18.8. The largest absolute Gasteiger partial charge is 0.399 e. The Balaban J connectivity index is 1.11. The maximum absolute atomic E-state index is 6.04. The van der Waals surface area contributed by atoms with Crippen molar-refractivity contribution in [2.75, 3.05) is 22.1 Å². The van der Waals surface area contributed by atoms with Crippen molar-refractivity contribution < 1.29 is 0 Å². The molecule has 0 atom stereocenters. The lowest BCUT2D eigenvalue weighted by atomic mass is 10.1. The summed E-state index contributed by atoms with van der Waals surface area (Å²) in [6.07, 6.45) is 3.16. The predicted molar refractivity (Wildman–Crippen MR) is 257 cm³/mol. The van der Waals surface area contributed by atoms with Crippen molar-refractivity contribution in [3.8, 4) is 0 Å². The van der Waals surface area contributed by atoms with E-state index in [0.717, 1.165) is 75.6 Å².